The Morgan fingerprint density at radius 3 is 2.20 bits per heavy atom. The summed E-state index contributed by atoms with van der Waals surface area (Å²) in [4.78, 5) is 26.0. The van der Waals surface area contributed by atoms with Gasteiger partial charge < -0.3 is 24.4 Å². The van der Waals surface area contributed by atoms with Gasteiger partial charge in [-0.15, -0.1) is 0 Å². The van der Waals surface area contributed by atoms with Crippen LogP contribution in [0, 0.1) is 5.82 Å². The molecule has 0 saturated carbocycles. The van der Waals surface area contributed by atoms with Crippen LogP contribution in [0.15, 0.2) is 60.7 Å². The molecule has 0 aliphatic rings. The SMILES string of the molecule is CN(CC(F)F)c1cc(COc2ccccc2CC(=O)OC(C)(C)C)cc(-c2cccc(CNC(=O)OC(C)(C)C)c2F)c1. The van der Waals surface area contributed by atoms with Gasteiger partial charge in [0.25, 0.3) is 6.43 Å². The normalized spacial score (nSPS) is 11.7. The average molecular weight is 615 g/mol. The van der Waals surface area contributed by atoms with Crippen molar-refractivity contribution >= 4 is 17.7 Å². The molecule has 3 aromatic rings. The summed E-state index contributed by atoms with van der Waals surface area (Å²) < 4.78 is 59.1. The van der Waals surface area contributed by atoms with E-state index in [1.807, 2.05) is 0 Å². The van der Waals surface area contributed by atoms with Crippen molar-refractivity contribution in [3.8, 4) is 16.9 Å². The smallest absolute Gasteiger partial charge is 0.407 e. The fourth-order valence-corrected chi connectivity index (χ4v) is 4.35. The minimum absolute atomic E-state index is 0.00515. The minimum Gasteiger partial charge on any atom is -0.489 e. The van der Waals surface area contributed by atoms with Gasteiger partial charge >= 0.3 is 12.1 Å². The standard InChI is InChI=1S/C34H41F3N2O5/c1-33(2,3)43-30(40)18-23-11-8-9-14-28(23)42-21-22-15-25(17-26(16-22)39(7)20-29(35)36)27-13-10-12-24(31(27)37)19-38-32(41)44-34(4,5)6/h8-17,29H,18-21H2,1-7H3,(H,38,41). The van der Waals surface area contributed by atoms with E-state index in [0.29, 0.717) is 28.1 Å². The van der Waals surface area contributed by atoms with Crippen molar-refractivity contribution in [3.63, 3.8) is 0 Å². The fourth-order valence-electron chi connectivity index (χ4n) is 4.35. The Bertz CT molecular complexity index is 1450. The number of alkyl halides is 2. The maximum absolute atomic E-state index is 15.8. The number of hydrogen-bond acceptors (Lipinski definition) is 6. The second kappa shape index (κ2) is 14.5. The van der Waals surface area contributed by atoms with Gasteiger partial charge in [-0.1, -0.05) is 36.4 Å². The van der Waals surface area contributed by atoms with Gasteiger partial charge in [-0.2, -0.15) is 0 Å². The number of ether oxygens (including phenoxy) is 3. The highest BCUT2D eigenvalue weighted by Gasteiger charge is 2.20. The lowest BCUT2D eigenvalue weighted by molar-refractivity contribution is -0.153. The van der Waals surface area contributed by atoms with Crippen LogP contribution in [-0.2, 0) is 33.8 Å². The lowest BCUT2D eigenvalue weighted by Gasteiger charge is -2.22. The van der Waals surface area contributed by atoms with Crippen molar-refractivity contribution in [1.29, 1.82) is 0 Å². The molecule has 0 heterocycles. The quantitative estimate of drug-likeness (QED) is 0.223. The molecule has 44 heavy (non-hydrogen) atoms. The summed E-state index contributed by atoms with van der Waals surface area (Å²) in [5.41, 5.74) is 1.24. The Kier molecular flexibility index (Phi) is 11.3. The third-order valence-corrected chi connectivity index (χ3v) is 6.16. The fraction of sp³-hybridized carbons (Fsp3) is 0.412. The predicted molar refractivity (Wildman–Crippen MR) is 165 cm³/mol. The van der Waals surface area contributed by atoms with Crippen LogP contribution in [0.1, 0.15) is 58.2 Å². The lowest BCUT2D eigenvalue weighted by atomic mass is 9.99. The van der Waals surface area contributed by atoms with Crippen LogP contribution in [0.3, 0.4) is 0 Å². The first-order valence-corrected chi connectivity index (χ1v) is 14.3. The van der Waals surface area contributed by atoms with Crippen LogP contribution in [-0.4, -0.2) is 43.3 Å². The van der Waals surface area contributed by atoms with E-state index in [2.05, 4.69) is 5.32 Å². The second-order valence-electron chi connectivity index (χ2n) is 12.5. The van der Waals surface area contributed by atoms with Crippen molar-refractivity contribution < 1.29 is 37.0 Å². The third kappa shape index (κ3) is 10.8. The van der Waals surface area contributed by atoms with Gasteiger partial charge in [0.2, 0.25) is 0 Å². The highest BCUT2D eigenvalue weighted by Crippen LogP contribution is 2.31. The summed E-state index contributed by atoms with van der Waals surface area (Å²) in [5, 5.41) is 2.56. The zero-order valence-corrected chi connectivity index (χ0v) is 26.3. The number of alkyl carbamates (subject to hydrolysis) is 1. The topological polar surface area (TPSA) is 77.1 Å². The van der Waals surface area contributed by atoms with E-state index in [9.17, 15) is 18.4 Å². The van der Waals surface area contributed by atoms with Crippen molar-refractivity contribution in [2.75, 3.05) is 18.5 Å². The van der Waals surface area contributed by atoms with E-state index in [1.54, 1.807) is 102 Å². The number of amides is 1. The van der Waals surface area contributed by atoms with Crippen LogP contribution < -0.4 is 15.0 Å². The molecule has 0 unspecified atom stereocenters. The molecule has 3 aromatic carbocycles. The molecular formula is C34H41F3N2O5. The van der Waals surface area contributed by atoms with Gasteiger partial charge in [-0.05, 0) is 76.9 Å². The summed E-state index contributed by atoms with van der Waals surface area (Å²) >= 11 is 0. The Labute approximate surface area is 257 Å². The van der Waals surface area contributed by atoms with Gasteiger partial charge in [0, 0.05) is 36.0 Å². The summed E-state index contributed by atoms with van der Waals surface area (Å²) in [7, 11) is 1.53. The zero-order valence-electron chi connectivity index (χ0n) is 26.3. The van der Waals surface area contributed by atoms with E-state index in [0.717, 1.165) is 0 Å². The number of nitrogens with zero attached hydrogens (tertiary/aromatic N) is 1. The predicted octanol–water partition coefficient (Wildman–Crippen LogP) is 7.68. The van der Waals surface area contributed by atoms with Crippen LogP contribution in [0.25, 0.3) is 11.1 Å². The molecule has 0 aliphatic carbocycles. The summed E-state index contributed by atoms with van der Waals surface area (Å²) in [6, 6.07) is 16.9. The van der Waals surface area contributed by atoms with E-state index in [1.165, 1.54) is 11.9 Å². The number of hydrogen-bond donors (Lipinski definition) is 1. The number of nitrogens with one attached hydrogen (secondary N) is 1. The number of carbonyl (C=O) groups is 2. The van der Waals surface area contributed by atoms with Crippen LogP contribution in [0.5, 0.6) is 5.75 Å². The van der Waals surface area contributed by atoms with Crippen molar-refractivity contribution in [1.82, 2.24) is 5.32 Å². The van der Waals surface area contributed by atoms with Crippen LogP contribution in [0.2, 0.25) is 0 Å². The maximum atomic E-state index is 15.8. The average Bonchev–Trinajstić information content (AvgIpc) is 2.89. The number of para-hydroxylation sites is 1. The van der Waals surface area contributed by atoms with Gasteiger partial charge in [-0.25, -0.2) is 18.0 Å². The minimum atomic E-state index is -2.58. The summed E-state index contributed by atoms with van der Waals surface area (Å²) in [5.74, 6) is -0.498. The number of benzene rings is 3. The summed E-state index contributed by atoms with van der Waals surface area (Å²) in [6.45, 7) is 9.95. The number of rotatable bonds is 11. The van der Waals surface area contributed by atoms with Gasteiger partial charge in [0.1, 0.15) is 29.4 Å². The molecule has 238 valence electrons. The first kappa shape index (κ1) is 34.3. The number of carbonyl (C=O) groups excluding carboxylic acids is 2. The first-order valence-electron chi connectivity index (χ1n) is 14.3. The molecule has 7 nitrogen and oxygen atoms in total. The van der Waals surface area contributed by atoms with E-state index >= 15 is 4.39 Å². The molecule has 0 fully saturated rings. The van der Waals surface area contributed by atoms with Crippen LogP contribution >= 0.6 is 0 Å². The zero-order chi connectivity index (χ0) is 32.7. The molecule has 0 bridgehead atoms. The largest absolute Gasteiger partial charge is 0.489 e. The highest BCUT2D eigenvalue weighted by atomic mass is 19.3. The Morgan fingerprint density at radius 1 is 0.886 bits per heavy atom. The molecule has 0 aliphatic heterocycles. The van der Waals surface area contributed by atoms with Gasteiger partial charge in [-0.3, -0.25) is 4.79 Å². The molecule has 0 spiro atoms. The molecule has 1 N–H and O–H groups in total. The van der Waals surface area contributed by atoms with Crippen molar-refractivity contribution in [2.45, 2.75) is 78.7 Å². The lowest BCUT2D eigenvalue weighted by Crippen LogP contribution is -2.32. The maximum Gasteiger partial charge on any atom is 0.407 e. The Morgan fingerprint density at radius 2 is 1.55 bits per heavy atom. The van der Waals surface area contributed by atoms with Gasteiger partial charge in [0.05, 0.1) is 13.0 Å². The number of esters is 1. The molecule has 0 saturated heterocycles. The van der Waals surface area contributed by atoms with Gasteiger partial charge in [0.15, 0.2) is 0 Å². The van der Waals surface area contributed by atoms with E-state index in [4.69, 9.17) is 14.2 Å². The molecular weight excluding hydrogens is 573 g/mol. The monoisotopic (exact) mass is 614 g/mol. The summed E-state index contributed by atoms with van der Waals surface area (Å²) in [6.07, 6.45) is -3.25. The van der Waals surface area contributed by atoms with Crippen molar-refractivity contribution in [2.24, 2.45) is 0 Å². The molecule has 3 rings (SSSR count). The highest BCUT2D eigenvalue weighted by molar-refractivity contribution is 5.74. The van der Waals surface area contributed by atoms with E-state index in [-0.39, 0.29) is 30.7 Å². The number of halogens is 3. The first-order chi connectivity index (χ1) is 20.5. The van der Waals surface area contributed by atoms with E-state index < -0.39 is 42.1 Å². The molecule has 10 heteroatoms. The Balaban J connectivity index is 1.90. The Hall–Kier alpha value is -4.21. The molecule has 0 aromatic heterocycles. The molecule has 1 amide bonds. The van der Waals surface area contributed by atoms with Crippen LogP contribution in [0.4, 0.5) is 23.7 Å². The molecule has 0 radical (unpaired) electrons. The molecule has 0 atom stereocenters. The third-order valence-electron chi connectivity index (χ3n) is 6.16. The number of anilines is 1. The van der Waals surface area contributed by atoms with Crippen molar-refractivity contribution in [3.05, 3.63) is 83.2 Å². The second-order valence-corrected chi connectivity index (χ2v) is 12.5.